The molecule has 152 valence electrons. The van der Waals surface area contributed by atoms with Crippen LogP contribution in [0.1, 0.15) is 28.4 Å². The van der Waals surface area contributed by atoms with E-state index in [-0.39, 0.29) is 18.2 Å². The molecular formula is C23H25FN2O2S. The van der Waals surface area contributed by atoms with E-state index in [1.807, 2.05) is 25.1 Å². The first kappa shape index (κ1) is 21.0. The number of hydrogen-bond acceptors (Lipinski definition) is 4. The minimum absolute atomic E-state index is 0.0374. The van der Waals surface area contributed by atoms with Gasteiger partial charge < -0.3 is 10.1 Å². The number of nitrogens with one attached hydrogen (secondary N) is 1. The molecule has 3 aromatic rings. The fraction of sp³-hybridized carbons (Fsp3) is 0.261. The van der Waals surface area contributed by atoms with Gasteiger partial charge in [0.1, 0.15) is 17.7 Å². The number of hydrogen-bond donors (Lipinski definition) is 1. The highest BCUT2D eigenvalue weighted by Gasteiger charge is 2.13. The van der Waals surface area contributed by atoms with E-state index in [0.29, 0.717) is 0 Å². The van der Waals surface area contributed by atoms with Gasteiger partial charge in [-0.15, -0.1) is 0 Å². The predicted molar refractivity (Wildman–Crippen MR) is 115 cm³/mol. The van der Waals surface area contributed by atoms with Gasteiger partial charge in [-0.3, -0.25) is 9.69 Å². The molecule has 0 unspecified atom stereocenters. The SMILES string of the molecule is C[C@@H](CNC(=O)c1ccccc1F)Oc1cccc(CN(C)Cc2ccsc2)c1. The van der Waals surface area contributed by atoms with Crippen LogP contribution in [0, 0.1) is 5.82 Å². The van der Waals surface area contributed by atoms with Crippen molar-refractivity contribution in [1.82, 2.24) is 10.2 Å². The lowest BCUT2D eigenvalue weighted by Crippen LogP contribution is -2.34. The maximum absolute atomic E-state index is 13.7. The lowest BCUT2D eigenvalue weighted by atomic mass is 10.2. The van der Waals surface area contributed by atoms with Crippen molar-refractivity contribution in [2.24, 2.45) is 0 Å². The van der Waals surface area contributed by atoms with Crippen LogP contribution in [-0.4, -0.2) is 30.5 Å². The van der Waals surface area contributed by atoms with Crippen LogP contribution in [0.3, 0.4) is 0 Å². The minimum Gasteiger partial charge on any atom is -0.489 e. The van der Waals surface area contributed by atoms with Crippen molar-refractivity contribution in [3.8, 4) is 5.75 Å². The van der Waals surface area contributed by atoms with Crippen LogP contribution in [-0.2, 0) is 13.1 Å². The minimum atomic E-state index is -0.530. The molecule has 3 rings (SSSR count). The van der Waals surface area contributed by atoms with Crippen molar-refractivity contribution in [1.29, 1.82) is 0 Å². The largest absolute Gasteiger partial charge is 0.489 e. The maximum Gasteiger partial charge on any atom is 0.254 e. The maximum atomic E-state index is 13.7. The molecule has 2 aromatic carbocycles. The Kier molecular flexibility index (Phi) is 7.38. The highest BCUT2D eigenvalue weighted by molar-refractivity contribution is 7.07. The number of carbonyl (C=O) groups is 1. The van der Waals surface area contributed by atoms with Gasteiger partial charge in [0, 0.05) is 13.1 Å². The van der Waals surface area contributed by atoms with E-state index in [1.165, 1.54) is 17.7 Å². The average Bonchev–Trinajstić information content (AvgIpc) is 3.19. The summed E-state index contributed by atoms with van der Waals surface area (Å²) in [5.41, 5.74) is 2.50. The number of ether oxygens (including phenoxy) is 1. The summed E-state index contributed by atoms with van der Waals surface area (Å²) in [5.74, 6) is -0.223. The van der Waals surface area contributed by atoms with Gasteiger partial charge in [-0.25, -0.2) is 4.39 Å². The number of rotatable bonds is 9. The van der Waals surface area contributed by atoms with Gasteiger partial charge in [-0.1, -0.05) is 24.3 Å². The predicted octanol–water partition coefficient (Wildman–Crippen LogP) is 4.72. The van der Waals surface area contributed by atoms with E-state index in [2.05, 4.69) is 40.2 Å². The zero-order valence-corrected chi connectivity index (χ0v) is 17.4. The Hall–Kier alpha value is -2.70. The molecule has 4 nitrogen and oxygen atoms in total. The van der Waals surface area contributed by atoms with Crippen molar-refractivity contribution in [2.45, 2.75) is 26.1 Å². The van der Waals surface area contributed by atoms with Gasteiger partial charge in [-0.05, 0) is 66.2 Å². The third kappa shape index (κ3) is 6.41. The molecule has 0 fully saturated rings. The first-order valence-corrected chi connectivity index (χ1v) is 10.4. The molecular weight excluding hydrogens is 387 g/mol. The Morgan fingerprint density at radius 3 is 2.69 bits per heavy atom. The van der Waals surface area contributed by atoms with E-state index >= 15 is 0 Å². The lowest BCUT2D eigenvalue weighted by Gasteiger charge is -2.18. The Labute approximate surface area is 174 Å². The third-order valence-corrected chi connectivity index (χ3v) is 5.12. The molecule has 0 aliphatic heterocycles. The summed E-state index contributed by atoms with van der Waals surface area (Å²) in [6, 6.07) is 16.0. The van der Waals surface area contributed by atoms with Crippen molar-refractivity contribution < 1.29 is 13.9 Å². The fourth-order valence-corrected chi connectivity index (χ4v) is 3.69. The highest BCUT2D eigenvalue weighted by Crippen LogP contribution is 2.17. The number of halogens is 1. The molecule has 0 aliphatic carbocycles. The summed E-state index contributed by atoms with van der Waals surface area (Å²) in [4.78, 5) is 14.4. The summed E-state index contributed by atoms with van der Waals surface area (Å²) < 4.78 is 19.6. The highest BCUT2D eigenvalue weighted by atomic mass is 32.1. The van der Waals surface area contributed by atoms with Crippen LogP contribution in [0.15, 0.2) is 65.4 Å². The van der Waals surface area contributed by atoms with Gasteiger partial charge in [-0.2, -0.15) is 11.3 Å². The fourth-order valence-electron chi connectivity index (χ4n) is 3.03. The zero-order valence-electron chi connectivity index (χ0n) is 16.6. The van der Waals surface area contributed by atoms with Crippen LogP contribution in [0.4, 0.5) is 4.39 Å². The number of amides is 1. The molecule has 0 spiro atoms. The summed E-state index contributed by atoms with van der Waals surface area (Å²) in [6.07, 6.45) is -0.246. The van der Waals surface area contributed by atoms with Crippen LogP contribution in [0.2, 0.25) is 0 Å². The molecule has 6 heteroatoms. The van der Waals surface area contributed by atoms with Crippen LogP contribution in [0.5, 0.6) is 5.75 Å². The second kappa shape index (κ2) is 10.2. The summed E-state index contributed by atoms with van der Waals surface area (Å²) in [7, 11) is 2.09. The van der Waals surface area contributed by atoms with Crippen LogP contribution >= 0.6 is 11.3 Å². The number of benzene rings is 2. The molecule has 0 radical (unpaired) electrons. The summed E-state index contributed by atoms with van der Waals surface area (Å²) >= 11 is 1.71. The standard InChI is InChI=1S/C23H25FN2O2S/c1-17(13-25-23(27)21-8-3-4-9-22(21)24)28-20-7-5-6-18(12-20)14-26(2)15-19-10-11-29-16-19/h3-12,16-17H,13-15H2,1-2H3,(H,25,27)/t17-/m0/s1. The molecule has 29 heavy (non-hydrogen) atoms. The normalized spacial score (nSPS) is 12.0. The molecule has 0 bridgehead atoms. The average molecular weight is 413 g/mol. The Morgan fingerprint density at radius 2 is 1.93 bits per heavy atom. The monoisotopic (exact) mass is 412 g/mol. The third-order valence-electron chi connectivity index (χ3n) is 4.39. The topological polar surface area (TPSA) is 41.6 Å². The van der Waals surface area contributed by atoms with E-state index in [4.69, 9.17) is 4.74 Å². The van der Waals surface area contributed by atoms with Gasteiger partial charge >= 0.3 is 0 Å². The Balaban J connectivity index is 1.50. The van der Waals surface area contributed by atoms with Gasteiger partial charge in [0.15, 0.2) is 0 Å². The lowest BCUT2D eigenvalue weighted by molar-refractivity contribution is 0.0928. The van der Waals surface area contributed by atoms with E-state index in [9.17, 15) is 9.18 Å². The molecule has 0 saturated heterocycles. The van der Waals surface area contributed by atoms with E-state index in [1.54, 1.807) is 23.5 Å². The van der Waals surface area contributed by atoms with Gasteiger partial charge in [0.2, 0.25) is 0 Å². The summed E-state index contributed by atoms with van der Waals surface area (Å²) in [5, 5.41) is 6.97. The molecule has 1 atom stereocenters. The van der Waals surface area contributed by atoms with E-state index < -0.39 is 11.7 Å². The van der Waals surface area contributed by atoms with Crippen LogP contribution in [0.25, 0.3) is 0 Å². The molecule has 1 heterocycles. The van der Waals surface area contributed by atoms with Crippen molar-refractivity contribution in [3.63, 3.8) is 0 Å². The second-order valence-corrected chi connectivity index (χ2v) is 7.85. The van der Waals surface area contributed by atoms with Crippen molar-refractivity contribution in [3.05, 3.63) is 87.9 Å². The van der Waals surface area contributed by atoms with Gasteiger partial charge in [0.25, 0.3) is 5.91 Å². The first-order chi connectivity index (χ1) is 14.0. The second-order valence-electron chi connectivity index (χ2n) is 7.07. The number of carbonyl (C=O) groups excluding carboxylic acids is 1. The molecule has 1 aromatic heterocycles. The van der Waals surface area contributed by atoms with E-state index in [0.717, 1.165) is 24.4 Å². The molecule has 0 aliphatic rings. The Bertz CT molecular complexity index is 930. The molecule has 1 N–H and O–H groups in total. The quantitative estimate of drug-likeness (QED) is 0.553. The van der Waals surface area contributed by atoms with Crippen LogP contribution < -0.4 is 10.1 Å². The summed E-state index contributed by atoms with van der Waals surface area (Å²) in [6.45, 7) is 3.87. The van der Waals surface area contributed by atoms with Crippen molar-refractivity contribution in [2.75, 3.05) is 13.6 Å². The first-order valence-electron chi connectivity index (χ1n) is 9.49. The Morgan fingerprint density at radius 1 is 1.14 bits per heavy atom. The number of thiophene rings is 1. The van der Waals surface area contributed by atoms with Gasteiger partial charge in [0.05, 0.1) is 12.1 Å². The van der Waals surface area contributed by atoms with Crippen molar-refractivity contribution >= 4 is 17.2 Å². The smallest absolute Gasteiger partial charge is 0.254 e. The zero-order chi connectivity index (χ0) is 20.6. The molecule has 0 saturated carbocycles. The molecule has 1 amide bonds. The number of nitrogens with zero attached hydrogens (tertiary/aromatic N) is 1.